The number of rotatable bonds is 3. The summed E-state index contributed by atoms with van der Waals surface area (Å²) >= 11 is 5.84. The Morgan fingerprint density at radius 3 is 2.71 bits per heavy atom. The van der Waals surface area contributed by atoms with Crippen molar-refractivity contribution in [2.24, 2.45) is 0 Å². The highest BCUT2D eigenvalue weighted by Crippen LogP contribution is 2.35. The zero-order chi connectivity index (χ0) is 10.6. The molecular weight excluding hydrogens is 202 g/mol. The minimum Gasteiger partial charge on any atom is -0.493 e. The lowest BCUT2D eigenvalue weighted by Gasteiger charge is -2.11. The molecule has 0 atom stereocenters. The fraction of sp³-hybridized carbons (Fsp3) is 0.300. The number of hydrogen-bond donors (Lipinski definition) is 0. The molecule has 4 heteroatoms. The highest BCUT2D eigenvalue weighted by atomic mass is 35.5. The predicted molar refractivity (Wildman–Crippen MR) is 53.9 cm³/mol. The summed E-state index contributed by atoms with van der Waals surface area (Å²) in [4.78, 5) is 0. The molecule has 1 aromatic carbocycles. The molecule has 0 bridgehead atoms. The van der Waals surface area contributed by atoms with Crippen LogP contribution in [0.25, 0.3) is 0 Å². The molecule has 0 aromatic heterocycles. The third-order valence-electron chi connectivity index (χ3n) is 1.69. The van der Waals surface area contributed by atoms with Crippen molar-refractivity contribution in [3.05, 3.63) is 22.7 Å². The van der Waals surface area contributed by atoms with Crippen LogP contribution in [0.1, 0.15) is 12.5 Å². The number of methoxy groups -OCH3 is 1. The van der Waals surface area contributed by atoms with Gasteiger partial charge in [0.25, 0.3) is 0 Å². The van der Waals surface area contributed by atoms with Gasteiger partial charge in [-0.05, 0) is 19.1 Å². The Hall–Kier alpha value is -1.40. The lowest BCUT2D eigenvalue weighted by atomic mass is 10.2. The molecule has 0 unspecified atom stereocenters. The number of benzene rings is 1. The first-order valence-electron chi connectivity index (χ1n) is 4.14. The number of hydrogen-bond acceptors (Lipinski definition) is 3. The Kier molecular flexibility index (Phi) is 3.61. The molecule has 0 radical (unpaired) electrons. The number of ether oxygens (including phenoxy) is 2. The molecule has 0 spiro atoms. The van der Waals surface area contributed by atoms with Gasteiger partial charge in [0.1, 0.15) is 11.6 Å². The van der Waals surface area contributed by atoms with Gasteiger partial charge in [-0.25, -0.2) is 0 Å². The fourth-order valence-corrected chi connectivity index (χ4v) is 1.28. The van der Waals surface area contributed by atoms with Gasteiger partial charge in [-0.2, -0.15) is 5.26 Å². The average molecular weight is 212 g/mol. The summed E-state index contributed by atoms with van der Waals surface area (Å²) in [6.07, 6.45) is 0. The molecule has 1 aromatic rings. The van der Waals surface area contributed by atoms with E-state index in [1.54, 1.807) is 12.1 Å². The Balaban J connectivity index is 3.30. The molecule has 0 amide bonds. The van der Waals surface area contributed by atoms with Crippen molar-refractivity contribution in [1.29, 1.82) is 5.26 Å². The molecule has 0 heterocycles. The van der Waals surface area contributed by atoms with E-state index in [0.717, 1.165) is 0 Å². The highest BCUT2D eigenvalue weighted by Gasteiger charge is 2.13. The van der Waals surface area contributed by atoms with Gasteiger partial charge in [0.05, 0.1) is 18.7 Å². The Morgan fingerprint density at radius 1 is 1.50 bits per heavy atom. The minimum absolute atomic E-state index is 0.313. The van der Waals surface area contributed by atoms with E-state index in [0.29, 0.717) is 28.7 Å². The first-order valence-corrected chi connectivity index (χ1v) is 4.51. The summed E-state index contributed by atoms with van der Waals surface area (Å²) in [6, 6.07) is 5.27. The third-order valence-corrected chi connectivity index (χ3v) is 2.01. The monoisotopic (exact) mass is 211 g/mol. The Labute approximate surface area is 87.8 Å². The Morgan fingerprint density at radius 2 is 2.21 bits per heavy atom. The summed E-state index contributed by atoms with van der Waals surface area (Å²) in [5.74, 6) is 0.929. The van der Waals surface area contributed by atoms with E-state index in [4.69, 9.17) is 26.3 Å². The molecule has 0 saturated carbocycles. The van der Waals surface area contributed by atoms with E-state index in [1.165, 1.54) is 7.11 Å². The van der Waals surface area contributed by atoms with Crippen molar-refractivity contribution in [1.82, 2.24) is 0 Å². The summed E-state index contributed by atoms with van der Waals surface area (Å²) in [7, 11) is 1.52. The summed E-state index contributed by atoms with van der Waals surface area (Å²) in [5.41, 5.74) is 0.313. The molecule has 0 aliphatic rings. The molecule has 0 N–H and O–H groups in total. The topological polar surface area (TPSA) is 42.2 Å². The standard InChI is InChI=1S/C10H10ClNO2/c1-3-14-10-7(6-12)8(11)4-5-9(10)13-2/h4-5H,3H2,1-2H3. The molecular formula is C10H10ClNO2. The molecule has 74 valence electrons. The van der Waals surface area contributed by atoms with Crippen LogP contribution in [0.5, 0.6) is 11.5 Å². The molecule has 14 heavy (non-hydrogen) atoms. The largest absolute Gasteiger partial charge is 0.493 e. The number of nitriles is 1. The first kappa shape index (κ1) is 10.7. The first-order chi connectivity index (χ1) is 6.74. The molecule has 0 fully saturated rings. The van der Waals surface area contributed by atoms with Crippen molar-refractivity contribution < 1.29 is 9.47 Å². The fourth-order valence-electron chi connectivity index (χ4n) is 1.09. The van der Waals surface area contributed by atoms with Crippen LogP contribution in [0.3, 0.4) is 0 Å². The van der Waals surface area contributed by atoms with Gasteiger partial charge in [0.2, 0.25) is 0 Å². The normalized spacial score (nSPS) is 9.29. The smallest absolute Gasteiger partial charge is 0.180 e. The van der Waals surface area contributed by atoms with Crippen LogP contribution < -0.4 is 9.47 Å². The van der Waals surface area contributed by atoms with Gasteiger partial charge in [-0.15, -0.1) is 0 Å². The second-order valence-electron chi connectivity index (χ2n) is 2.50. The van der Waals surface area contributed by atoms with E-state index in [1.807, 2.05) is 13.0 Å². The second kappa shape index (κ2) is 4.73. The maximum atomic E-state index is 8.88. The minimum atomic E-state index is 0.313. The van der Waals surface area contributed by atoms with Crippen LogP contribution in [0.15, 0.2) is 12.1 Å². The maximum Gasteiger partial charge on any atom is 0.180 e. The van der Waals surface area contributed by atoms with Gasteiger partial charge >= 0.3 is 0 Å². The van der Waals surface area contributed by atoms with Crippen LogP contribution in [-0.2, 0) is 0 Å². The van der Waals surface area contributed by atoms with Crippen molar-refractivity contribution in [2.45, 2.75) is 6.92 Å². The highest BCUT2D eigenvalue weighted by molar-refractivity contribution is 6.32. The van der Waals surface area contributed by atoms with Crippen molar-refractivity contribution >= 4 is 11.6 Å². The molecule has 1 rings (SSSR count). The van der Waals surface area contributed by atoms with Gasteiger partial charge in [0.15, 0.2) is 11.5 Å². The third kappa shape index (κ3) is 1.91. The van der Waals surface area contributed by atoms with Crippen LogP contribution in [0.4, 0.5) is 0 Å². The van der Waals surface area contributed by atoms with E-state index in [9.17, 15) is 0 Å². The van der Waals surface area contributed by atoms with E-state index < -0.39 is 0 Å². The lowest BCUT2D eigenvalue weighted by Crippen LogP contribution is -1.98. The molecule has 0 saturated heterocycles. The van der Waals surface area contributed by atoms with E-state index in [-0.39, 0.29) is 0 Å². The lowest BCUT2D eigenvalue weighted by molar-refractivity contribution is 0.310. The summed E-state index contributed by atoms with van der Waals surface area (Å²) in [6.45, 7) is 2.30. The van der Waals surface area contributed by atoms with Gasteiger partial charge in [-0.1, -0.05) is 11.6 Å². The second-order valence-corrected chi connectivity index (χ2v) is 2.91. The summed E-state index contributed by atoms with van der Waals surface area (Å²) < 4.78 is 10.4. The SMILES string of the molecule is CCOc1c(OC)ccc(Cl)c1C#N. The number of halogens is 1. The zero-order valence-electron chi connectivity index (χ0n) is 8.00. The van der Waals surface area contributed by atoms with Crippen molar-refractivity contribution in [2.75, 3.05) is 13.7 Å². The van der Waals surface area contributed by atoms with Crippen molar-refractivity contribution in [3.63, 3.8) is 0 Å². The summed E-state index contributed by atoms with van der Waals surface area (Å²) in [5, 5.41) is 9.25. The van der Waals surface area contributed by atoms with Crippen LogP contribution in [0.2, 0.25) is 5.02 Å². The van der Waals surface area contributed by atoms with E-state index >= 15 is 0 Å². The van der Waals surface area contributed by atoms with Crippen molar-refractivity contribution in [3.8, 4) is 17.6 Å². The van der Waals surface area contributed by atoms with Gasteiger partial charge in [-0.3, -0.25) is 0 Å². The van der Waals surface area contributed by atoms with Crippen LogP contribution >= 0.6 is 11.6 Å². The van der Waals surface area contributed by atoms with E-state index in [2.05, 4.69) is 0 Å². The van der Waals surface area contributed by atoms with Crippen LogP contribution in [-0.4, -0.2) is 13.7 Å². The molecule has 0 aliphatic carbocycles. The average Bonchev–Trinajstić information content (AvgIpc) is 2.19. The Bertz CT molecular complexity index is 371. The predicted octanol–water partition coefficient (Wildman–Crippen LogP) is 2.62. The zero-order valence-corrected chi connectivity index (χ0v) is 8.76. The quantitative estimate of drug-likeness (QED) is 0.772. The van der Waals surface area contributed by atoms with Crippen LogP contribution in [0, 0.1) is 11.3 Å². The number of nitrogens with zero attached hydrogens (tertiary/aromatic N) is 1. The molecule has 3 nitrogen and oxygen atoms in total. The van der Waals surface area contributed by atoms with Gasteiger partial charge < -0.3 is 9.47 Å². The van der Waals surface area contributed by atoms with Gasteiger partial charge in [0, 0.05) is 0 Å². The molecule has 0 aliphatic heterocycles. The maximum absolute atomic E-state index is 8.88.